The Morgan fingerprint density at radius 2 is 1.81 bits per heavy atom. The van der Waals surface area contributed by atoms with Crippen molar-refractivity contribution in [2.75, 3.05) is 0 Å². The molecule has 0 saturated carbocycles. The van der Waals surface area contributed by atoms with Gasteiger partial charge in [0.15, 0.2) is 0 Å². The fourth-order valence-electron chi connectivity index (χ4n) is 3.29. The van der Waals surface area contributed by atoms with E-state index in [0.29, 0.717) is 23.9 Å². The van der Waals surface area contributed by atoms with Crippen LogP contribution in [-0.4, -0.2) is 36.0 Å². The molecule has 3 N–H and O–H groups in total. The van der Waals surface area contributed by atoms with Crippen LogP contribution >= 0.6 is 0 Å². The zero-order chi connectivity index (χ0) is 24.4. The number of carboxylic acids is 1. The summed E-state index contributed by atoms with van der Waals surface area (Å²) in [5.74, 6) is 3.40. The van der Waals surface area contributed by atoms with Gasteiger partial charge in [-0.25, -0.2) is 9.59 Å². The number of aromatic nitrogens is 4. The largest absolute Gasteiger partial charge is 0.480 e. The maximum absolute atomic E-state index is 12.8. The molecule has 3 rings (SSSR count). The van der Waals surface area contributed by atoms with E-state index in [-0.39, 0.29) is 12.2 Å². The molecule has 10 nitrogen and oxygen atoms in total. The number of fused-ring (bicyclic) bond motifs is 1. The second-order valence-corrected chi connectivity index (χ2v) is 6.48. The van der Waals surface area contributed by atoms with E-state index in [2.05, 4.69) is 9.94 Å². The molecule has 1 aromatic carbocycles. The Morgan fingerprint density at radius 3 is 2.38 bits per heavy atom. The van der Waals surface area contributed by atoms with Crippen LogP contribution in [0.25, 0.3) is 22.2 Å². The molecular formula is C22H33N5O5. The van der Waals surface area contributed by atoms with Crippen molar-refractivity contribution in [3.63, 3.8) is 0 Å². The highest BCUT2D eigenvalue weighted by Gasteiger charge is 2.26. The molecule has 2 heterocycles. The number of hydrogen-bond acceptors (Lipinski definition) is 6. The molecule has 0 amide bonds. The number of aliphatic carboxylic acids is 1. The van der Waals surface area contributed by atoms with Crippen LogP contribution in [-0.2, 0) is 28.0 Å². The summed E-state index contributed by atoms with van der Waals surface area (Å²) in [6.45, 7) is 9.66. The summed E-state index contributed by atoms with van der Waals surface area (Å²) >= 11 is 0. The smallest absolute Gasteiger partial charge is 0.347 e. The molecule has 0 fully saturated rings. The molecule has 1 unspecified atom stereocenters. The molecule has 0 aliphatic rings. The van der Waals surface area contributed by atoms with Gasteiger partial charge in [-0.2, -0.15) is 11.0 Å². The first-order valence-corrected chi connectivity index (χ1v) is 10.7. The molecule has 0 bridgehead atoms. The molecule has 176 valence electrons. The monoisotopic (exact) mass is 447 g/mol. The third-order valence-electron chi connectivity index (χ3n) is 4.62. The van der Waals surface area contributed by atoms with Crippen LogP contribution in [0.1, 0.15) is 53.5 Å². The van der Waals surface area contributed by atoms with Crippen molar-refractivity contribution in [3.05, 3.63) is 41.1 Å². The number of hydrogen-bond donors (Lipinski definition) is 2. The number of imidazole rings is 1. The fraction of sp³-hybridized carbons (Fsp3) is 0.455. The molecule has 0 radical (unpaired) electrons. The fourth-order valence-corrected chi connectivity index (χ4v) is 3.29. The third-order valence-corrected chi connectivity index (χ3v) is 4.62. The van der Waals surface area contributed by atoms with Gasteiger partial charge in [0.25, 0.3) is 0 Å². The van der Waals surface area contributed by atoms with E-state index in [4.69, 9.17) is 11.0 Å². The molecule has 32 heavy (non-hydrogen) atoms. The van der Waals surface area contributed by atoms with Crippen molar-refractivity contribution >= 4 is 23.0 Å². The highest BCUT2D eigenvalue weighted by molar-refractivity contribution is 5.85. The molecule has 0 aliphatic heterocycles. The Kier molecular flexibility index (Phi) is 10.4. The molecule has 0 spiro atoms. The lowest BCUT2D eigenvalue weighted by Crippen LogP contribution is -2.32. The summed E-state index contributed by atoms with van der Waals surface area (Å²) in [6.07, 6.45) is 4.27. The van der Waals surface area contributed by atoms with E-state index < -0.39 is 18.0 Å². The Bertz CT molecular complexity index is 1100. The maximum atomic E-state index is 12.8. The van der Waals surface area contributed by atoms with Gasteiger partial charge >= 0.3 is 17.6 Å². The van der Waals surface area contributed by atoms with Gasteiger partial charge in [0, 0.05) is 18.8 Å². The highest BCUT2D eigenvalue weighted by Crippen LogP contribution is 2.26. The van der Waals surface area contributed by atoms with Gasteiger partial charge in [-0.3, -0.25) is 18.6 Å². The van der Waals surface area contributed by atoms with Crippen molar-refractivity contribution in [1.29, 1.82) is 0 Å². The first kappa shape index (κ1) is 26.6. The quantitative estimate of drug-likeness (QED) is 0.531. The van der Waals surface area contributed by atoms with Gasteiger partial charge in [-0.15, -0.1) is 0 Å². The first-order valence-electron chi connectivity index (χ1n) is 10.7. The summed E-state index contributed by atoms with van der Waals surface area (Å²) in [6, 6.07) is 4.52. The predicted octanol–water partition coefficient (Wildman–Crippen LogP) is 3.10. The summed E-state index contributed by atoms with van der Waals surface area (Å²) in [4.78, 5) is 40.1. The Hall–Kier alpha value is -3.40. The maximum Gasteiger partial charge on any atom is 0.347 e. The zero-order valence-corrected chi connectivity index (χ0v) is 19.5. The minimum Gasteiger partial charge on any atom is -0.480 e. The van der Waals surface area contributed by atoms with Crippen molar-refractivity contribution in [3.8, 4) is 11.1 Å². The molecule has 10 heteroatoms. The second kappa shape index (κ2) is 12.5. The van der Waals surface area contributed by atoms with Gasteiger partial charge in [0.05, 0.1) is 17.2 Å². The number of nitrogens with two attached hydrogens (primary N) is 1. The van der Waals surface area contributed by atoms with E-state index in [9.17, 15) is 14.4 Å². The SMILES string of the molecule is CC.CC.CCCC(C(=O)ON)n1c(=O)n(C)c2cc(-c3cnn(CC(=O)O)c3)ccc21. The topological polar surface area (TPSA) is 134 Å². The standard InChI is InChI=1S/C18H21N5O5.2C2H6/c1-3-4-14(17(26)28-19)23-13-6-5-11(7-15(13)21(2)18(23)27)12-8-20-22(9-12)10-16(24)25;2*1-2/h5-9,14H,3-4,10,19H2,1-2H3,(H,24,25);2*1-2H3. The lowest BCUT2D eigenvalue weighted by Gasteiger charge is -2.15. The number of benzene rings is 1. The van der Waals surface area contributed by atoms with Gasteiger partial charge in [0.1, 0.15) is 12.6 Å². The molecule has 0 saturated heterocycles. The van der Waals surface area contributed by atoms with E-state index in [1.807, 2.05) is 34.6 Å². The molecule has 3 aromatic rings. The van der Waals surface area contributed by atoms with Gasteiger partial charge in [-0.1, -0.05) is 47.1 Å². The van der Waals surface area contributed by atoms with Crippen LogP contribution in [0, 0.1) is 0 Å². The lowest BCUT2D eigenvalue weighted by molar-refractivity contribution is -0.148. The van der Waals surface area contributed by atoms with Crippen LogP contribution in [0.3, 0.4) is 0 Å². The highest BCUT2D eigenvalue weighted by atomic mass is 16.7. The Morgan fingerprint density at radius 1 is 1.16 bits per heavy atom. The van der Waals surface area contributed by atoms with Crippen molar-refractivity contribution < 1.29 is 19.5 Å². The van der Waals surface area contributed by atoms with Gasteiger partial charge < -0.3 is 9.94 Å². The Labute approximate surface area is 187 Å². The minimum atomic E-state index is -0.988. The lowest BCUT2D eigenvalue weighted by atomic mass is 10.1. The number of aryl methyl sites for hydroxylation is 1. The van der Waals surface area contributed by atoms with Crippen molar-refractivity contribution in [2.45, 2.75) is 60.0 Å². The molecule has 2 aromatic heterocycles. The van der Waals surface area contributed by atoms with Gasteiger partial charge in [0.2, 0.25) is 0 Å². The van der Waals surface area contributed by atoms with Crippen molar-refractivity contribution in [2.24, 2.45) is 12.9 Å². The number of carbonyl (C=O) groups excluding carboxylic acids is 1. The zero-order valence-electron chi connectivity index (χ0n) is 19.5. The summed E-state index contributed by atoms with van der Waals surface area (Å²) < 4.78 is 4.17. The van der Waals surface area contributed by atoms with Crippen LogP contribution < -0.4 is 11.6 Å². The average Bonchev–Trinajstić information content (AvgIpc) is 3.36. The van der Waals surface area contributed by atoms with Gasteiger partial charge in [-0.05, 0) is 24.1 Å². The van der Waals surface area contributed by atoms with Crippen LogP contribution in [0.5, 0.6) is 0 Å². The summed E-state index contributed by atoms with van der Waals surface area (Å²) in [5, 5.41) is 12.9. The number of rotatable bonds is 7. The van der Waals surface area contributed by atoms with E-state index in [1.165, 1.54) is 13.8 Å². The Balaban J connectivity index is 0.00000121. The average molecular weight is 448 g/mol. The summed E-state index contributed by atoms with van der Waals surface area (Å²) in [5.41, 5.74) is 2.34. The number of carboxylic acid groups (broad SMARTS) is 1. The molecule has 1 atom stereocenters. The van der Waals surface area contributed by atoms with E-state index >= 15 is 0 Å². The number of nitrogens with zero attached hydrogens (tertiary/aromatic N) is 4. The van der Waals surface area contributed by atoms with E-state index in [1.54, 1.807) is 37.6 Å². The van der Waals surface area contributed by atoms with E-state index in [0.717, 1.165) is 11.1 Å². The van der Waals surface area contributed by atoms with Crippen LogP contribution in [0.15, 0.2) is 35.4 Å². The minimum absolute atomic E-state index is 0.239. The first-order chi connectivity index (χ1) is 15.4. The normalized spacial score (nSPS) is 11.1. The predicted molar refractivity (Wildman–Crippen MR) is 123 cm³/mol. The second-order valence-electron chi connectivity index (χ2n) is 6.48. The number of carbonyl (C=O) groups is 2. The molecule has 0 aliphatic carbocycles. The van der Waals surface area contributed by atoms with Crippen molar-refractivity contribution in [1.82, 2.24) is 18.9 Å². The third kappa shape index (κ3) is 5.64. The van der Waals surface area contributed by atoms with Crippen LogP contribution in [0.4, 0.5) is 0 Å². The van der Waals surface area contributed by atoms with Crippen LogP contribution in [0.2, 0.25) is 0 Å². The molecular weight excluding hydrogens is 414 g/mol. The summed E-state index contributed by atoms with van der Waals surface area (Å²) in [7, 11) is 1.62.